The molecule has 5 N–H and O–H groups in total. The number of amides is 8. The van der Waals surface area contributed by atoms with E-state index in [2.05, 4.69) is 104 Å². The predicted octanol–water partition coefficient (Wildman–Crippen LogP) is 13.4. The third kappa shape index (κ3) is 31.1. The van der Waals surface area contributed by atoms with Crippen molar-refractivity contribution >= 4 is 107 Å². The molecular weight excluding hydrogens is 1960 g/mol. The highest BCUT2D eigenvalue weighted by molar-refractivity contribution is 7.91. The average Bonchev–Trinajstić information content (AvgIpc) is 1.58. The second-order valence-corrected chi connectivity index (χ2v) is 51.9. The minimum Gasteiger partial charge on any atom is -0.466 e. The Morgan fingerprint density at radius 3 is 1.38 bits per heavy atom. The van der Waals surface area contributed by atoms with Crippen LogP contribution in [0.2, 0.25) is 0 Å². The van der Waals surface area contributed by atoms with Gasteiger partial charge in [0.15, 0.2) is 11.6 Å². The predicted molar refractivity (Wildman–Crippen MR) is 562 cm³/mol. The third-order valence-electron chi connectivity index (χ3n) is 31.4. The third-order valence-corrected chi connectivity index (χ3v) is 36.8. The van der Waals surface area contributed by atoms with Gasteiger partial charge in [-0.25, -0.2) is 30.0 Å². The lowest BCUT2D eigenvalue weighted by atomic mass is 9.77. The molecular formula is C113H157N9O24S3. The van der Waals surface area contributed by atoms with Gasteiger partial charge in [-0.1, -0.05) is 185 Å². The van der Waals surface area contributed by atoms with Gasteiger partial charge in [-0.3, -0.25) is 71.9 Å². The summed E-state index contributed by atoms with van der Waals surface area (Å²) in [6.45, 7) is 30.3. The number of allylic oxidation sites excluding steroid dienone is 3. The van der Waals surface area contributed by atoms with Gasteiger partial charge >= 0.3 is 18.0 Å². The van der Waals surface area contributed by atoms with Crippen molar-refractivity contribution in [3.8, 4) is 11.8 Å². The maximum Gasteiger partial charge on any atom is 0.407 e. The van der Waals surface area contributed by atoms with E-state index in [9.17, 15) is 82.8 Å². The number of aryl methyl sites for hydroxylation is 4. The topological polar surface area (TPSA) is 445 Å². The smallest absolute Gasteiger partial charge is 0.407 e. The van der Waals surface area contributed by atoms with Crippen molar-refractivity contribution < 1.29 is 111 Å². The number of ketones is 2. The van der Waals surface area contributed by atoms with Gasteiger partial charge < -0.3 is 53.8 Å². The minimum atomic E-state index is -3.86. The van der Waals surface area contributed by atoms with Crippen LogP contribution >= 0.6 is 0 Å². The van der Waals surface area contributed by atoms with E-state index in [0.717, 1.165) is 126 Å². The fourth-order valence-electron chi connectivity index (χ4n) is 21.4. The summed E-state index contributed by atoms with van der Waals surface area (Å²) in [4.78, 5) is 174. The molecule has 7 heterocycles. The van der Waals surface area contributed by atoms with Gasteiger partial charge in [-0.15, -0.1) is 19.7 Å². The quantitative estimate of drug-likeness (QED) is 0.0303. The number of pyridine rings is 1. The number of fused-ring (bicyclic) bond motifs is 9. The first kappa shape index (κ1) is 116. The first-order chi connectivity index (χ1) is 70.7. The molecule has 6 aliphatic heterocycles. The molecule has 0 spiro atoms. The fourth-order valence-corrected chi connectivity index (χ4v) is 25.5. The van der Waals surface area contributed by atoms with E-state index < -0.39 is 186 Å². The van der Waals surface area contributed by atoms with Crippen LogP contribution in [0.25, 0.3) is 6.08 Å². The van der Waals surface area contributed by atoms with Gasteiger partial charge in [0, 0.05) is 88.3 Å². The van der Waals surface area contributed by atoms with Crippen molar-refractivity contribution in [1.82, 2.24) is 44.5 Å². The number of cyclic esters (lactones) is 3. The summed E-state index contributed by atoms with van der Waals surface area (Å²) in [5.41, 5.74) is 0.812. The molecule has 816 valence electrons. The highest BCUT2D eigenvalue weighted by Crippen LogP contribution is 2.59. The van der Waals surface area contributed by atoms with E-state index in [-0.39, 0.29) is 132 Å². The monoisotopic (exact) mass is 2120 g/mol. The maximum atomic E-state index is 14.4. The Labute approximate surface area is 880 Å². The number of benzene rings is 2. The number of hydrogen-bond donors (Lipinski definition) is 5. The van der Waals surface area contributed by atoms with E-state index in [4.69, 9.17) is 28.4 Å². The van der Waals surface area contributed by atoms with Crippen LogP contribution in [0, 0.1) is 68.5 Å². The van der Waals surface area contributed by atoms with Crippen LogP contribution in [0.3, 0.4) is 0 Å². The molecule has 2 aromatic carbocycles. The van der Waals surface area contributed by atoms with Crippen LogP contribution in [0.5, 0.6) is 0 Å². The van der Waals surface area contributed by atoms with Gasteiger partial charge in [0.25, 0.3) is 5.91 Å². The Morgan fingerprint density at radius 1 is 0.470 bits per heavy atom. The molecule has 6 bridgehead atoms. The van der Waals surface area contributed by atoms with E-state index in [0.29, 0.717) is 77.6 Å². The summed E-state index contributed by atoms with van der Waals surface area (Å²) in [5, 5.41) is 3.76. The summed E-state index contributed by atoms with van der Waals surface area (Å²) in [5.74, 6) is -1.95. The molecule has 8 amide bonds. The number of nitrogens with one attached hydrogen (secondary N) is 5. The second kappa shape index (κ2) is 50.5. The summed E-state index contributed by atoms with van der Waals surface area (Å²) < 4.78 is 118. The molecule has 33 nitrogen and oxygen atoms in total. The van der Waals surface area contributed by atoms with Crippen molar-refractivity contribution in [2.45, 2.75) is 351 Å². The van der Waals surface area contributed by atoms with Gasteiger partial charge in [0.1, 0.15) is 24.2 Å². The van der Waals surface area contributed by atoms with Crippen LogP contribution in [0.1, 0.15) is 295 Å². The maximum absolute atomic E-state index is 14.4. The number of nitrogens with zero attached hydrogens (tertiary/aromatic N) is 4. The van der Waals surface area contributed by atoms with E-state index in [1.807, 2.05) is 92.6 Å². The first-order valence-corrected chi connectivity index (χ1v) is 58.6. The molecule has 3 aromatic rings. The number of hydrogen-bond acceptors (Lipinski definition) is 25. The number of esters is 2. The summed E-state index contributed by atoms with van der Waals surface area (Å²) >= 11 is 0. The number of carbonyl (C=O) groups excluding carboxylic acids is 12. The molecule has 6 aliphatic carbocycles. The number of sulfonamides is 3. The lowest BCUT2D eigenvalue weighted by molar-refractivity contribution is -0.153. The lowest BCUT2D eigenvalue weighted by Gasteiger charge is -2.35. The number of aromatic nitrogens is 1. The Bertz CT molecular complexity index is 5840. The zero-order chi connectivity index (χ0) is 108. The molecule has 1 aromatic heterocycles. The molecule has 15 atom stereocenters. The summed E-state index contributed by atoms with van der Waals surface area (Å²) in [7, 11) is -11.5. The fraction of sp³-hybridized carbons (Fsp3) is 0.655. The molecule has 3 saturated heterocycles. The van der Waals surface area contributed by atoms with Crippen LogP contribution in [0.15, 0.2) is 111 Å². The Balaban J connectivity index is 0.000000186. The molecule has 12 aliphatic rings. The van der Waals surface area contributed by atoms with E-state index in [1.165, 1.54) is 32.6 Å². The van der Waals surface area contributed by atoms with E-state index in [1.54, 1.807) is 23.2 Å². The summed E-state index contributed by atoms with van der Waals surface area (Å²) in [6, 6.07) is 16.5. The van der Waals surface area contributed by atoms with Crippen molar-refractivity contribution in [1.29, 1.82) is 0 Å². The first-order valence-electron chi connectivity index (χ1n) is 53.9. The SMILES string of the molecule is C=C[C@@H]1C[C@]1(CC(=O)[C@@H]1C[C@@H]2CN1C(=O)[C@H](C(C)(C)C)CC(=O)OCCCCC/C=C/c1ccccc1C#CCO2)C(=O)NS(=O)(=O)C1CC1.C=C[C@@H]1C[C@]1(CC(=O)[C@@H]1C[C@@H]2CN1C(=O)[C@H](C(C)(C)C)CC(=O)OCCCCCCCc1ccccc1CCCO2)C(=O)NS(=O)(=O)C1CC1.C=C[C@@H]1C[C@]1(NC(=O)[C@@H]1C[C@@H]2CN1C(=O)[C@H](C(C)(C)C)NC(=O)OCCCCCCc1ncccc1CCCO2)C(=O)NS(=O)(=O)C1CC1. The largest absolute Gasteiger partial charge is 0.466 e. The molecule has 149 heavy (non-hydrogen) atoms. The number of ether oxygens (including phenoxy) is 6. The molecule has 36 heteroatoms. The minimum absolute atomic E-state index is 0.0740. The van der Waals surface area contributed by atoms with Crippen LogP contribution in [-0.2, 0) is 137 Å². The van der Waals surface area contributed by atoms with Gasteiger partial charge in [-0.2, -0.15) is 0 Å². The van der Waals surface area contributed by atoms with Crippen molar-refractivity contribution in [2.24, 2.45) is 56.7 Å². The van der Waals surface area contributed by atoms with Crippen LogP contribution in [0.4, 0.5) is 4.79 Å². The normalized spacial score (nSPS) is 29.1. The number of rotatable bonds is 20. The molecule has 0 radical (unpaired) electrons. The zero-order valence-electron chi connectivity index (χ0n) is 88.4. The Morgan fingerprint density at radius 2 is 0.899 bits per heavy atom. The molecule has 6 saturated carbocycles. The van der Waals surface area contributed by atoms with Gasteiger partial charge in [0.05, 0.1) is 101 Å². The number of carbonyl (C=O) groups is 12. The standard InChI is InChI=1S/C39H56N2O8S.C39H50N2O8S.C35H51N5O8S/c2*1-5-29-24-39(29,37(45)40-50(46,47)31-18-19-31)25-34(42)33-22-30-26-41(33)36(44)32(38(2,3)4)23-35(43)49-20-12-8-6-7-9-14-27-15-10-11-16-28(27)17-13-21-48-30;1-5-24-21-35(24,32(43)39-49(45,46)26-15-16-26)38-30(41)28-20-25-22-40(28)31(42)29(34(2,3)4)37-33(44)48-18-9-7-6-8-14-27-23(12-10-17-36-27)13-11-19-47-25/h5,10-11,15-16,29-33H,1,6-9,12-14,17-26H2,2-4H3,(H,40,45);5,9-11,14-16,29-33H,1,6-8,12,18-26H2,2-4H3,(H,40,45);5,10,12,17,24-26,28-29H,1,6-9,11,13-16,18-22H2,2-4H3,(H,37,44)(H,38,41)(H,39,43)/b;14-9+;/t2*29-,30-,32-,33+,39-;24-,25-,28+,29-,35-/m111/s1. The Kier molecular flexibility index (Phi) is 39.2. The van der Waals surface area contributed by atoms with Gasteiger partial charge in [0.2, 0.25) is 65.5 Å². The Hall–Kier alpha value is -10.3. The van der Waals surface area contributed by atoms with E-state index >= 15 is 0 Å². The molecule has 15 rings (SSSR count). The summed E-state index contributed by atoms with van der Waals surface area (Å²) in [6.07, 6.45) is 29.2. The highest BCUT2D eigenvalue weighted by Gasteiger charge is 2.65. The van der Waals surface area contributed by atoms with Crippen molar-refractivity contribution in [2.75, 3.05) is 59.3 Å². The van der Waals surface area contributed by atoms with Crippen molar-refractivity contribution in [3.05, 3.63) is 144 Å². The molecule has 0 unspecified atom stereocenters. The number of alkyl carbamates (subject to hydrolysis) is 1. The molecule has 9 fully saturated rings. The highest BCUT2D eigenvalue weighted by atomic mass is 32.2. The van der Waals surface area contributed by atoms with Crippen LogP contribution < -0.4 is 24.8 Å². The lowest BCUT2D eigenvalue weighted by Crippen LogP contribution is -2.60. The van der Waals surface area contributed by atoms with Gasteiger partial charge in [-0.05, 0) is 210 Å². The van der Waals surface area contributed by atoms with Crippen LogP contribution in [-0.4, -0.2) is 239 Å². The average molecular weight is 2120 g/mol. The van der Waals surface area contributed by atoms with Crippen molar-refractivity contribution in [3.63, 3.8) is 0 Å². The zero-order valence-corrected chi connectivity index (χ0v) is 90.9. The second-order valence-electron chi connectivity index (χ2n) is 46.0. The number of Topliss-reactive ketones (excluding diaryl/α,β-unsaturated/α-hetero) is 2.